The molecule has 0 amide bonds. The second-order valence-corrected chi connectivity index (χ2v) is 13.6. The van der Waals surface area contributed by atoms with Crippen molar-refractivity contribution in [2.24, 2.45) is 0 Å². The van der Waals surface area contributed by atoms with Gasteiger partial charge in [-0.05, 0) is 50.6 Å². The Kier molecular flexibility index (Phi) is 9.36. The lowest BCUT2D eigenvalue weighted by atomic mass is 9.88. The van der Waals surface area contributed by atoms with Crippen LogP contribution in [0.1, 0.15) is 24.8 Å². The molecule has 2 atom stereocenters. The van der Waals surface area contributed by atoms with Gasteiger partial charge in [0.1, 0.15) is 35.2 Å². The minimum Gasteiger partial charge on any atom is -0.497 e. The van der Waals surface area contributed by atoms with Crippen LogP contribution in [0.2, 0.25) is 0 Å². The number of aliphatic hydroxyl groups excluding tert-OH is 1. The van der Waals surface area contributed by atoms with Crippen LogP contribution in [0.4, 0.5) is 0 Å². The third-order valence-corrected chi connectivity index (χ3v) is 10.6. The monoisotopic (exact) mass is 594 g/mol. The highest BCUT2D eigenvalue weighted by Crippen LogP contribution is 2.38. The van der Waals surface area contributed by atoms with Crippen molar-refractivity contribution < 1.29 is 36.2 Å². The molecule has 14 heteroatoms. The number of aliphatic hydroxyl groups is 1. The van der Waals surface area contributed by atoms with E-state index in [2.05, 4.69) is 10.0 Å². The summed E-state index contributed by atoms with van der Waals surface area (Å²) < 4.78 is 71.1. The van der Waals surface area contributed by atoms with E-state index in [1.54, 1.807) is 18.2 Å². The summed E-state index contributed by atoms with van der Waals surface area (Å²) in [5.41, 5.74) is -0.391. The van der Waals surface area contributed by atoms with Crippen molar-refractivity contribution in [1.82, 2.24) is 14.3 Å². The lowest BCUT2D eigenvalue weighted by Gasteiger charge is -2.38. The number of nitriles is 1. The van der Waals surface area contributed by atoms with Crippen LogP contribution in [-0.4, -0.2) is 91.0 Å². The van der Waals surface area contributed by atoms with Gasteiger partial charge < -0.3 is 24.6 Å². The van der Waals surface area contributed by atoms with E-state index < -0.39 is 31.8 Å². The van der Waals surface area contributed by atoms with Gasteiger partial charge in [0.2, 0.25) is 20.0 Å². The van der Waals surface area contributed by atoms with Crippen LogP contribution in [0.3, 0.4) is 0 Å². The molecule has 3 N–H and O–H groups in total. The van der Waals surface area contributed by atoms with E-state index in [1.807, 2.05) is 6.07 Å². The van der Waals surface area contributed by atoms with E-state index in [-0.39, 0.29) is 47.6 Å². The SMILES string of the molecule is CNS(=O)(=O)c1cccc(OC[C@@H](O)CNC2COC3(CCN(S(=O)(=O)c4cc(OC)ccc4C#N)CC3)C2)c1. The average molecular weight is 595 g/mol. The topological polar surface area (TPSA) is 167 Å². The second kappa shape index (κ2) is 12.4. The first-order valence-electron chi connectivity index (χ1n) is 12.8. The molecular formula is C26H34N4O8S2. The maximum atomic E-state index is 13.3. The van der Waals surface area contributed by atoms with Crippen LogP contribution in [0, 0.1) is 11.3 Å². The number of piperidine rings is 1. The smallest absolute Gasteiger partial charge is 0.244 e. The van der Waals surface area contributed by atoms with Gasteiger partial charge in [0.25, 0.3) is 0 Å². The van der Waals surface area contributed by atoms with Gasteiger partial charge in [-0.1, -0.05) is 6.07 Å². The Morgan fingerprint density at radius 1 is 1.18 bits per heavy atom. The number of ether oxygens (including phenoxy) is 3. The van der Waals surface area contributed by atoms with Crippen molar-refractivity contribution in [3.63, 3.8) is 0 Å². The number of rotatable bonds is 11. The zero-order chi connectivity index (χ0) is 29.0. The largest absolute Gasteiger partial charge is 0.497 e. The minimum absolute atomic E-state index is 0.0227. The first-order chi connectivity index (χ1) is 19.0. The summed E-state index contributed by atoms with van der Waals surface area (Å²) in [6.07, 6.45) is 0.841. The number of sulfonamides is 2. The molecule has 0 aliphatic carbocycles. The molecule has 2 heterocycles. The summed E-state index contributed by atoms with van der Waals surface area (Å²) in [5.74, 6) is 0.693. The fraction of sp³-hybridized carbons (Fsp3) is 0.500. The number of hydrogen-bond donors (Lipinski definition) is 3. The fourth-order valence-electron chi connectivity index (χ4n) is 4.94. The quantitative estimate of drug-likeness (QED) is 0.339. The summed E-state index contributed by atoms with van der Waals surface area (Å²) in [4.78, 5) is 0.00475. The maximum absolute atomic E-state index is 13.3. The van der Waals surface area contributed by atoms with Gasteiger partial charge in [-0.3, -0.25) is 0 Å². The molecule has 1 unspecified atom stereocenters. The molecule has 1 spiro atoms. The summed E-state index contributed by atoms with van der Waals surface area (Å²) in [7, 11) is -4.72. The number of hydrogen-bond acceptors (Lipinski definition) is 10. The van der Waals surface area contributed by atoms with Crippen molar-refractivity contribution >= 4 is 20.0 Å². The van der Waals surface area contributed by atoms with Gasteiger partial charge in [0, 0.05) is 37.8 Å². The van der Waals surface area contributed by atoms with Crippen molar-refractivity contribution in [2.75, 3.05) is 47.0 Å². The maximum Gasteiger partial charge on any atom is 0.244 e. The van der Waals surface area contributed by atoms with Crippen LogP contribution in [0.5, 0.6) is 11.5 Å². The zero-order valence-electron chi connectivity index (χ0n) is 22.4. The lowest BCUT2D eigenvalue weighted by Crippen LogP contribution is -2.47. The number of nitrogens with one attached hydrogen (secondary N) is 2. The Hall–Kier alpha value is -2.77. The van der Waals surface area contributed by atoms with Gasteiger partial charge in [-0.2, -0.15) is 9.57 Å². The van der Waals surface area contributed by atoms with E-state index >= 15 is 0 Å². The van der Waals surface area contributed by atoms with Gasteiger partial charge in [-0.15, -0.1) is 0 Å². The lowest BCUT2D eigenvalue weighted by molar-refractivity contribution is -0.0312. The molecule has 12 nitrogen and oxygen atoms in total. The molecule has 0 saturated carbocycles. The molecular weight excluding hydrogens is 560 g/mol. The molecule has 0 radical (unpaired) electrons. The predicted molar refractivity (Wildman–Crippen MR) is 145 cm³/mol. The molecule has 0 bridgehead atoms. The van der Waals surface area contributed by atoms with E-state index in [9.17, 15) is 27.2 Å². The molecule has 2 fully saturated rings. The van der Waals surface area contributed by atoms with Gasteiger partial charge in [-0.25, -0.2) is 21.6 Å². The Balaban J connectivity index is 1.26. The summed E-state index contributed by atoms with van der Waals surface area (Å²) in [5, 5.41) is 23.1. The molecule has 2 aromatic rings. The van der Waals surface area contributed by atoms with Crippen LogP contribution >= 0.6 is 0 Å². The molecule has 4 rings (SSSR count). The fourth-order valence-corrected chi connectivity index (χ4v) is 7.30. The molecule has 218 valence electrons. The highest BCUT2D eigenvalue weighted by molar-refractivity contribution is 7.89. The Bertz CT molecular complexity index is 1450. The van der Waals surface area contributed by atoms with Gasteiger partial charge >= 0.3 is 0 Å². The third-order valence-electron chi connectivity index (χ3n) is 7.24. The normalized spacial score (nSPS) is 20.2. The van der Waals surface area contributed by atoms with Crippen LogP contribution in [0.25, 0.3) is 0 Å². The average Bonchev–Trinajstić information content (AvgIpc) is 3.36. The van der Waals surface area contributed by atoms with E-state index in [1.165, 1.54) is 42.7 Å². The van der Waals surface area contributed by atoms with E-state index in [0.29, 0.717) is 37.4 Å². The van der Waals surface area contributed by atoms with E-state index in [4.69, 9.17) is 14.2 Å². The highest BCUT2D eigenvalue weighted by Gasteiger charge is 2.45. The van der Waals surface area contributed by atoms with Crippen LogP contribution in [0.15, 0.2) is 52.3 Å². The highest BCUT2D eigenvalue weighted by atomic mass is 32.2. The van der Waals surface area contributed by atoms with Gasteiger partial charge in [0.05, 0.1) is 29.8 Å². The predicted octanol–water partition coefficient (Wildman–Crippen LogP) is 0.817. The van der Waals surface area contributed by atoms with Crippen LogP contribution in [-0.2, 0) is 24.8 Å². The summed E-state index contributed by atoms with van der Waals surface area (Å²) >= 11 is 0. The molecule has 2 aromatic carbocycles. The Morgan fingerprint density at radius 2 is 1.93 bits per heavy atom. The Morgan fingerprint density at radius 3 is 2.60 bits per heavy atom. The molecule has 2 saturated heterocycles. The van der Waals surface area contributed by atoms with Crippen molar-refractivity contribution in [3.05, 3.63) is 48.0 Å². The molecule has 2 aliphatic rings. The van der Waals surface area contributed by atoms with Crippen LogP contribution < -0.4 is 19.5 Å². The van der Waals surface area contributed by atoms with Crippen molar-refractivity contribution in [3.8, 4) is 17.6 Å². The molecule has 40 heavy (non-hydrogen) atoms. The van der Waals surface area contributed by atoms with Crippen molar-refractivity contribution in [1.29, 1.82) is 5.26 Å². The number of methoxy groups -OCH3 is 1. The summed E-state index contributed by atoms with van der Waals surface area (Å²) in [6.45, 7) is 1.16. The minimum atomic E-state index is -3.88. The first kappa shape index (κ1) is 30.2. The third kappa shape index (κ3) is 6.74. The number of benzene rings is 2. The van der Waals surface area contributed by atoms with E-state index in [0.717, 1.165) is 0 Å². The standard InChI is InChI=1S/C26H34N4O8S2/c1-28-39(32,33)24-5-3-4-23(12-24)37-18-21(31)16-29-20-14-26(38-17-20)8-10-30(11-9-26)40(34,35)25-13-22(36-2)7-6-19(25)15-27/h3-7,12-13,20-21,28-29,31H,8-11,14,16-18H2,1-2H3/t20?,21-/m0/s1. The van der Waals surface area contributed by atoms with Gasteiger partial charge in [0.15, 0.2) is 0 Å². The van der Waals surface area contributed by atoms with Crippen molar-refractivity contribution in [2.45, 2.75) is 46.8 Å². The number of nitrogens with zero attached hydrogens (tertiary/aromatic N) is 2. The molecule has 2 aliphatic heterocycles. The Labute approximate surface area is 234 Å². The first-order valence-corrected chi connectivity index (χ1v) is 15.7. The molecule has 0 aromatic heterocycles. The zero-order valence-corrected chi connectivity index (χ0v) is 24.0. The summed E-state index contributed by atoms with van der Waals surface area (Å²) in [6, 6.07) is 12.3. The second-order valence-electron chi connectivity index (χ2n) is 9.83.